The molecule has 0 saturated heterocycles. The van der Waals surface area contributed by atoms with Crippen LogP contribution in [0.1, 0.15) is 0 Å². The number of nitro groups is 1. The molecule has 2 N–H and O–H groups in total. The number of imidazole rings is 1. The fraction of sp³-hybridized carbons (Fsp3) is 0.125. The lowest BCUT2D eigenvalue weighted by Gasteiger charge is -2.00. The zero-order valence-corrected chi connectivity index (χ0v) is 8.53. The second-order valence-electron chi connectivity index (χ2n) is 3.14. The molecule has 9 heteroatoms. The summed E-state index contributed by atoms with van der Waals surface area (Å²) in [5.74, 6) is -0.0606. The van der Waals surface area contributed by atoms with Crippen molar-refractivity contribution in [2.75, 3.05) is 5.32 Å². The Morgan fingerprint density at radius 1 is 1.65 bits per heavy atom. The molecule has 0 unspecified atom stereocenters. The molecular weight excluding hydrogens is 228 g/mol. The Labute approximate surface area is 94.6 Å². The number of anilines is 1. The zero-order valence-electron chi connectivity index (χ0n) is 8.53. The van der Waals surface area contributed by atoms with Gasteiger partial charge in [-0.1, -0.05) is 0 Å². The highest BCUT2D eigenvalue weighted by atomic mass is 16.6. The largest absolute Gasteiger partial charge is 0.331 e. The van der Waals surface area contributed by atoms with Crippen molar-refractivity contribution >= 4 is 17.5 Å². The standard InChI is InChI=1S/C8H8N6O3/c15-7(12-8-9-1-2-10-8)5-13-4-6(3-11-13)14(16)17/h1-4H,5H2,(H2,9,10,12,15). The predicted octanol–water partition coefficient (Wildman–Crippen LogP) is 0.153. The first-order valence-electron chi connectivity index (χ1n) is 4.61. The van der Waals surface area contributed by atoms with Crippen LogP contribution in [0.2, 0.25) is 0 Å². The van der Waals surface area contributed by atoms with E-state index >= 15 is 0 Å². The average molecular weight is 236 g/mol. The fourth-order valence-electron chi connectivity index (χ4n) is 1.19. The molecule has 0 bridgehead atoms. The van der Waals surface area contributed by atoms with E-state index in [1.807, 2.05) is 0 Å². The molecular formula is C8H8N6O3. The molecule has 0 atom stereocenters. The Balaban J connectivity index is 1.96. The lowest BCUT2D eigenvalue weighted by molar-refractivity contribution is -0.385. The number of hydrogen-bond donors (Lipinski definition) is 2. The first kappa shape index (κ1) is 10.8. The van der Waals surface area contributed by atoms with E-state index in [0.29, 0.717) is 5.95 Å². The van der Waals surface area contributed by atoms with Gasteiger partial charge in [0, 0.05) is 12.4 Å². The molecule has 9 nitrogen and oxygen atoms in total. The van der Waals surface area contributed by atoms with Gasteiger partial charge in [-0.05, 0) is 0 Å². The van der Waals surface area contributed by atoms with Crippen molar-refractivity contribution < 1.29 is 9.72 Å². The van der Waals surface area contributed by atoms with E-state index in [9.17, 15) is 14.9 Å². The highest BCUT2D eigenvalue weighted by Crippen LogP contribution is 2.07. The molecule has 1 amide bonds. The maximum atomic E-state index is 11.5. The van der Waals surface area contributed by atoms with Crippen LogP contribution >= 0.6 is 0 Å². The summed E-state index contributed by atoms with van der Waals surface area (Å²) in [6.45, 7) is -0.117. The van der Waals surface area contributed by atoms with Crippen molar-refractivity contribution in [1.29, 1.82) is 0 Å². The second kappa shape index (κ2) is 4.43. The monoisotopic (exact) mass is 236 g/mol. The van der Waals surface area contributed by atoms with Gasteiger partial charge < -0.3 is 4.98 Å². The van der Waals surface area contributed by atoms with Crippen LogP contribution in [0, 0.1) is 10.1 Å². The van der Waals surface area contributed by atoms with Crippen molar-refractivity contribution in [3.63, 3.8) is 0 Å². The van der Waals surface area contributed by atoms with Gasteiger partial charge in [0.05, 0.1) is 4.92 Å². The van der Waals surface area contributed by atoms with Crippen LogP contribution in [0.4, 0.5) is 11.6 Å². The molecule has 2 aromatic rings. The number of hydrogen-bond acceptors (Lipinski definition) is 5. The number of aromatic nitrogens is 4. The van der Waals surface area contributed by atoms with Crippen LogP contribution in [0.3, 0.4) is 0 Å². The number of aromatic amines is 1. The Bertz CT molecular complexity index is 531. The van der Waals surface area contributed by atoms with Gasteiger partial charge in [0.25, 0.3) is 0 Å². The fourth-order valence-corrected chi connectivity index (χ4v) is 1.19. The van der Waals surface area contributed by atoms with E-state index in [1.54, 1.807) is 6.20 Å². The molecule has 17 heavy (non-hydrogen) atoms. The Morgan fingerprint density at radius 3 is 3.06 bits per heavy atom. The summed E-state index contributed by atoms with van der Waals surface area (Å²) in [7, 11) is 0. The van der Waals surface area contributed by atoms with E-state index < -0.39 is 4.92 Å². The van der Waals surface area contributed by atoms with E-state index in [4.69, 9.17) is 0 Å². The first-order chi connectivity index (χ1) is 8.15. The number of rotatable bonds is 4. The van der Waals surface area contributed by atoms with Crippen molar-refractivity contribution in [1.82, 2.24) is 19.7 Å². The summed E-state index contributed by atoms with van der Waals surface area (Å²) in [6.07, 6.45) is 5.32. The van der Waals surface area contributed by atoms with E-state index in [1.165, 1.54) is 17.1 Å². The van der Waals surface area contributed by atoms with Crippen LogP contribution in [0.15, 0.2) is 24.8 Å². The summed E-state index contributed by atoms with van der Waals surface area (Å²) in [5, 5.41) is 16.6. The minimum absolute atomic E-state index is 0.117. The molecule has 0 saturated carbocycles. The maximum absolute atomic E-state index is 11.5. The summed E-state index contributed by atoms with van der Waals surface area (Å²) in [4.78, 5) is 27.8. The third-order valence-corrected chi connectivity index (χ3v) is 1.89. The topological polar surface area (TPSA) is 119 Å². The first-order valence-corrected chi connectivity index (χ1v) is 4.61. The average Bonchev–Trinajstić information content (AvgIpc) is 2.88. The van der Waals surface area contributed by atoms with Gasteiger partial charge in [-0.25, -0.2) is 4.98 Å². The summed E-state index contributed by atoms with van der Waals surface area (Å²) < 4.78 is 1.18. The molecule has 0 spiro atoms. The Hall–Kier alpha value is -2.71. The number of carbonyl (C=O) groups is 1. The molecule has 88 valence electrons. The van der Waals surface area contributed by atoms with Crippen molar-refractivity contribution in [2.45, 2.75) is 6.54 Å². The summed E-state index contributed by atoms with van der Waals surface area (Å²) in [6, 6.07) is 0. The second-order valence-corrected chi connectivity index (χ2v) is 3.14. The predicted molar refractivity (Wildman–Crippen MR) is 56.1 cm³/mol. The van der Waals surface area contributed by atoms with Crippen LogP contribution in [0.5, 0.6) is 0 Å². The van der Waals surface area contributed by atoms with Gasteiger partial charge in [-0.2, -0.15) is 5.10 Å². The van der Waals surface area contributed by atoms with Gasteiger partial charge in [0.15, 0.2) is 0 Å². The van der Waals surface area contributed by atoms with Crippen LogP contribution < -0.4 is 5.32 Å². The van der Waals surface area contributed by atoms with Crippen molar-refractivity contribution in [3.05, 3.63) is 34.9 Å². The summed E-state index contributed by atoms with van der Waals surface area (Å²) in [5.41, 5.74) is -0.157. The lowest BCUT2D eigenvalue weighted by atomic mass is 10.5. The molecule has 0 radical (unpaired) electrons. The van der Waals surface area contributed by atoms with Gasteiger partial charge in [0.1, 0.15) is 18.9 Å². The lowest BCUT2D eigenvalue weighted by Crippen LogP contribution is -2.19. The smallest absolute Gasteiger partial charge is 0.307 e. The minimum atomic E-state index is -0.575. The number of amides is 1. The SMILES string of the molecule is O=C(Cn1cc([N+](=O)[O-])cn1)Nc1ncc[nH]1. The van der Waals surface area contributed by atoms with E-state index in [2.05, 4.69) is 20.4 Å². The summed E-state index contributed by atoms with van der Waals surface area (Å²) >= 11 is 0. The quantitative estimate of drug-likeness (QED) is 0.578. The molecule has 2 heterocycles. The minimum Gasteiger partial charge on any atom is -0.331 e. The number of nitrogens with one attached hydrogen (secondary N) is 2. The number of nitrogens with zero attached hydrogens (tertiary/aromatic N) is 4. The van der Waals surface area contributed by atoms with Crippen molar-refractivity contribution in [2.24, 2.45) is 0 Å². The number of H-pyrrole nitrogens is 1. The third kappa shape index (κ3) is 2.65. The van der Waals surface area contributed by atoms with E-state index in [-0.39, 0.29) is 18.1 Å². The van der Waals surface area contributed by atoms with Crippen LogP contribution in [0.25, 0.3) is 0 Å². The van der Waals surface area contributed by atoms with Gasteiger partial charge >= 0.3 is 5.69 Å². The van der Waals surface area contributed by atoms with Gasteiger partial charge in [0.2, 0.25) is 11.9 Å². The molecule has 0 aliphatic rings. The highest BCUT2D eigenvalue weighted by molar-refractivity contribution is 5.88. The van der Waals surface area contributed by atoms with Gasteiger partial charge in [-0.15, -0.1) is 0 Å². The van der Waals surface area contributed by atoms with Crippen LogP contribution in [-0.4, -0.2) is 30.6 Å². The Morgan fingerprint density at radius 2 is 2.47 bits per heavy atom. The third-order valence-electron chi connectivity index (χ3n) is 1.89. The molecule has 2 aromatic heterocycles. The Kier molecular flexibility index (Phi) is 2.81. The maximum Gasteiger partial charge on any atom is 0.307 e. The highest BCUT2D eigenvalue weighted by Gasteiger charge is 2.11. The molecule has 0 aliphatic carbocycles. The molecule has 0 aromatic carbocycles. The normalized spacial score (nSPS) is 10.1. The number of carbonyl (C=O) groups excluding carboxylic acids is 1. The molecule has 0 aliphatic heterocycles. The molecule has 0 fully saturated rings. The van der Waals surface area contributed by atoms with Crippen LogP contribution in [-0.2, 0) is 11.3 Å². The van der Waals surface area contributed by atoms with Crippen molar-refractivity contribution in [3.8, 4) is 0 Å². The zero-order chi connectivity index (χ0) is 12.3. The van der Waals surface area contributed by atoms with Gasteiger partial charge in [-0.3, -0.25) is 24.9 Å². The molecule has 2 rings (SSSR count). The van der Waals surface area contributed by atoms with E-state index in [0.717, 1.165) is 6.20 Å².